The fourth-order valence-corrected chi connectivity index (χ4v) is 2.92. The van der Waals surface area contributed by atoms with Gasteiger partial charge in [0.15, 0.2) is 0 Å². The van der Waals surface area contributed by atoms with Crippen LogP contribution < -0.4 is 5.32 Å². The molecule has 0 aromatic rings. The van der Waals surface area contributed by atoms with Crippen molar-refractivity contribution in [3.8, 4) is 0 Å². The van der Waals surface area contributed by atoms with Gasteiger partial charge in [-0.05, 0) is 20.3 Å². The van der Waals surface area contributed by atoms with Crippen LogP contribution in [0.3, 0.4) is 0 Å². The molecule has 2 heterocycles. The number of nitrogens with one attached hydrogen (secondary N) is 1. The van der Waals surface area contributed by atoms with E-state index < -0.39 is 0 Å². The first-order chi connectivity index (χ1) is 9.13. The van der Waals surface area contributed by atoms with Gasteiger partial charge in [0.2, 0.25) is 5.91 Å². The fourth-order valence-electron chi connectivity index (χ4n) is 2.92. The van der Waals surface area contributed by atoms with Gasteiger partial charge in [-0.15, -0.1) is 0 Å². The number of carbonyl (C=O) groups excluding carboxylic acids is 1. The third-order valence-electron chi connectivity index (χ3n) is 4.28. The Balaban J connectivity index is 1.99. The highest BCUT2D eigenvalue weighted by molar-refractivity contribution is 5.82. The van der Waals surface area contributed by atoms with Crippen LogP contribution in [0.15, 0.2) is 0 Å². The summed E-state index contributed by atoms with van der Waals surface area (Å²) >= 11 is 0. The molecule has 0 saturated carbocycles. The van der Waals surface area contributed by atoms with Gasteiger partial charge in [0.25, 0.3) is 0 Å². The lowest BCUT2D eigenvalue weighted by Crippen LogP contribution is -2.58. The smallest absolute Gasteiger partial charge is 0.240 e. The summed E-state index contributed by atoms with van der Waals surface area (Å²) in [5, 5.41) is 3.33. The standard InChI is InChI=1S/C14H27N3O2/c1-4-13-10-19-11(2)9-17(13)14(18)12(3)16-7-5-15-6-8-16/h11-13,15H,4-10H2,1-3H3. The van der Waals surface area contributed by atoms with Crippen LogP contribution >= 0.6 is 0 Å². The predicted molar refractivity (Wildman–Crippen MR) is 75.1 cm³/mol. The largest absolute Gasteiger partial charge is 0.375 e. The lowest BCUT2D eigenvalue weighted by Gasteiger charge is -2.42. The van der Waals surface area contributed by atoms with Crippen LogP contribution in [0, 0.1) is 0 Å². The van der Waals surface area contributed by atoms with Gasteiger partial charge in [0.1, 0.15) is 0 Å². The molecule has 0 bridgehead atoms. The zero-order valence-electron chi connectivity index (χ0n) is 12.4. The Labute approximate surface area is 116 Å². The maximum absolute atomic E-state index is 12.7. The number of nitrogens with zero attached hydrogens (tertiary/aromatic N) is 2. The Kier molecular flexibility index (Phi) is 5.19. The molecule has 0 aromatic carbocycles. The molecule has 0 radical (unpaired) electrons. The van der Waals surface area contributed by atoms with Crippen LogP contribution in [0.25, 0.3) is 0 Å². The first kappa shape index (κ1) is 14.8. The Hall–Kier alpha value is -0.650. The first-order valence-electron chi connectivity index (χ1n) is 7.50. The average Bonchev–Trinajstić information content (AvgIpc) is 2.46. The van der Waals surface area contributed by atoms with Crippen molar-refractivity contribution in [2.45, 2.75) is 45.4 Å². The van der Waals surface area contributed by atoms with E-state index in [0.717, 1.165) is 39.1 Å². The Morgan fingerprint density at radius 2 is 2.11 bits per heavy atom. The highest BCUT2D eigenvalue weighted by Gasteiger charge is 2.34. The second kappa shape index (κ2) is 6.68. The molecule has 3 atom stereocenters. The molecule has 19 heavy (non-hydrogen) atoms. The third-order valence-corrected chi connectivity index (χ3v) is 4.28. The van der Waals surface area contributed by atoms with Crippen molar-refractivity contribution < 1.29 is 9.53 Å². The maximum Gasteiger partial charge on any atom is 0.240 e. The number of hydrogen-bond acceptors (Lipinski definition) is 4. The molecule has 5 heteroatoms. The summed E-state index contributed by atoms with van der Waals surface area (Å²) < 4.78 is 5.67. The molecule has 1 N–H and O–H groups in total. The molecular formula is C14H27N3O2. The van der Waals surface area contributed by atoms with Crippen molar-refractivity contribution in [2.75, 3.05) is 39.3 Å². The number of hydrogen-bond donors (Lipinski definition) is 1. The predicted octanol–water partition coefficient (Wildman–Crippen LogP) is 0.306. The maximum atomic E-state index is 12.7. The second-order valence-corrected chi connectivity index (χ2v) is 5.66. The van der Waals surface area contributed by atoms with Crippen LogP contribution in [0.1, 0.15) is 27.2 Å². The molecule has 0 aromatic heterocycles. The van der Waals surface area contributed by atoms with E-state index in [0.29, 0.717) is 6.61 Å². The molecular weight excluding hydrogens is 242 g/mol. The zero-order valence-corrected chi connectivity index (χ0v) is 12.4. The molecule has 2 aliphatic heterocycles. The number of amides is 1. The van der Waals surface area contributed by atoms with Gasteiger partial charge in [-0.1, -0.05) is 6.92 Å². The summed E-state index contributed by atoms with van der Waals surface area (Å²) in [6.45, 7) is 11.5. The lowest BCUT2D eigenvalue weighted by molar-refractivity contribution is -0.149. The van der Waals surface area contributed by atoms with Crippen molar-refractivity contribution in [3.63, 3.8) is 0 Å². The molecule has 2 rings (SSSR count). The topological polar surface area (TPSA) is 44.8 Å². The van der Waals surface area contributed by atoms with Gasteiger partial charge in [0, 0.05) is 32.7 Å². The Morgan fingerprint density at radius 3 is 2.74 bits per heavy atom. The number of ether oxygens (including phenoxy) is 1. The van der Waals surface area contributed by atoms with E-state index in [4.69, 9.17) is 4.74 Å². The number of carbonyl (C=O) groups is 1. The van der Waals surface area contributed by atoms with Crippen LogP contribution in [0.4, 0.5) is 0 Å². The first-order valence-corrected chi connectivity index (χ1v) is 7.50. The minimum Gasteiger partial charge on any atom is -0.375 e. The van der Waals surface area contributed by atoms with E-state index in [1.807, 2.05) is 18.7 Å². The van der Waals surface area contributed by atoms with Crippen LogP contribution in [0.5, 0.6) is 0 Å². The average molecular weight is 269 g/mol. The Morgan fingerprint density at radius 1 is 1.42 bits per heavy atom. The van der Waals surface area contributed by atoms with E-state index >= 15 is 0 Å². The van der Waals surface area contributed by atoms with Gasteiger partial charge >= 0.3 is 0 Å². The molecule has 2 saturated heterocycles. The molecule has 1 amide bonds. The summed E-state index contributed by atoms with van der Waals surface area (Å²) in [4.78, 5) is 17.0. The van der Waals surface area contributed by atoms with Crippen molar-refractivity contribution >= 4 is 5.91 Å². The highest BCUT2D eigenvalue weighted by Crippen LogP contribution is 2.17. The molecule has 5 nitrogen and oxygen atoms in total. The highest BCUT2D eigenvalue weighted by atomic mass is 16.5. The van der Waals surface area contributed by atoms with Gasteiger partial charge in [-0.25, -0.2) is 0 Å². The summed E-state index contributed by atoms with van der Waals surface area (Å²) in [7, 11) is 0. The zero-order chi connectivity index (χ0) is 13.8. The van der Waals surface area contributed by atoms with Crippen molar-refractivity contribution in [1.82, 2.24) is 15.1 Å². The summed E-state index contributed by atoms with van der Waals surface area (Å²) in [5.74, 6) is 0.268. The SMILES string of the molecule is CCC1COC(C)CN1C(=O)C(C)N1CCNCC1. The van der Waals surface area contributed by atoms with Crippen LogP contribution in [-0.2, 0) is 9.53 Å². The van der Waals surface area contributed by atoms with Gasteiger partial charge < -0.3 is 15.0 Å². The van der Waals surface area contributed by atoms with E-state index in [-0.39, 0.29) is 24.1 Å². The summed E-state index contributed by atoms with van der Waals surface area (Å²) in [5.41, 5.74) is 0. The van der Waals surface area contributed by atoms with E-state index in [1.54, 1.807) is 0 Å². The van der Waals surface area contributed by atoms with Crippen molar-refractivity contribution in [3.05, 3.63) is 0 Å². The minimum absolute atomic E-state index is 0.0125. The number of morpholine rings is 1. The molecule has 0 spiro atoms. The van der Waals surface area contributed by atoms with Gasteiger partial charge in [-0.3, -0.25) is 9.69 Å². The molecule has 3 unspecified atom stereocenters. The van der Waals surface area contributed by atoms with E-state index in [9.17, 15) is 4.79 Å². The molecule has 2 aliphatic rings. The van der Waals surface area contributed by atoms with Crippen molar-refractivity contribution in [1.29, 1.82) is 0 Å². The fraction of sp³-hybridized carbons (Fsp3) is 0.929. The summed E-state index contributed by atoms with van der Waals surface area (Å²) in [6.07, 6.45) is 1.12. The molecule has 110 valence electrons. The minimum atomic E-state index is -0.0125. The van der Waals surface area contributed by atoms with Gasteiger partial charge in [-0.2, -0.15) is 0 Å². The normalized spacial score (nSPS) is 31.2. The lowest BCUT2D eigenvalue weighted by atomic mass is 10.1. The molecule has 2 fully saturated rings. The van der Waals surface area contributed by atoms with E-state index in [1.165, 1.54) is 0 Å². The molecule has 0 aliphatic carbocycles. The Bertz CT molecular complexity index is 305. The second-order valence-electron chi connectivity index (χ2n) is 5.66. The van der Waals surface area contributed by atoms with Crippen molar-refractivity contribution in [2.24, 2.45) is 0 Å². The van der Waals surface area contributed by atoms with Gasteiger partial charge in [0.05, 0.1) is 24.8 Å². The van der Waals surface area contributed by atoms with E-state index in [2.05, 4.69) is 17.1 Å². The monoisotopic (exact) mass is 269 g/mol. The van der Waals surface area contributed by atoms with Crippen LogP contribution in [-0.4, -0.2) is 73.2 Å². The quantitative estimate of drug-likeness (QED) is 0.801. The number of rotatable bonds is 3. The third kappa shape index (κ3) is 3.46. The number of piperazine rings is 1. The summed E-state index contributed by atoms with van der Waals surface area (Å²) in [6, 6.07) is 0.232. The van der Waals surface area contributed by atoms with Crippen LogP contribution in [0.2, 0.25) is 0 Å².